The molecule has 3 aromatic rings. The first-order valence-corrected chi connectivity index (χ1v) is 9.04. The van der Waals surface area contributed by atoms with E-state index in [1.165, 1.54) is 4.57 Å². The number of hydrogen-bond acceptors (Lipinski definition) is 5. The molecule has 1 N–H and O–H groups in total. The van der Waals surface area contributed by atoms with E-state index < -0.39 is 29.7 Å². The van der Waals surface area contributed by atoms with Gasteiger partial charge in [0.25, 0.3) is 5.56 Å². The van der Waals surface area contributed by atoms with Gasteiger partial charge in [-0.2, -0.15) is 5.26 Å². The minimum atomic E-state index is -0.716. The first-order valence-electron chi connectivity index (χ1n) is 9.04. The molecule has 0 saturated heterocycles. The monoisotopic (exact) mass is 378 g/mol. The number of carbonyl (C=O) groups is 1. The van der Waals surface area contributed by atoms with Gasteiger partial charge < -0.3 is 9.73 Å². The van der Waals surface area contributed by atoms with Gasteiger partial charge in [0.2, 0.25) is 5.91 Å². The molecule has 4 rings (SSSR count). The van der Waals surface area contributed by atoms with Gasteiger partial charge in [-0.3, -0.25) is 14.2 Å². The molecular formula is C20H18N4O4. The molecule has 1 amide bonds. The summed E-state index contributed by atoms with van der Waals surface area (Å²) in [6.45, 7) is 1.76. The lowest BCUT2D eigenvalue weighted by molar-refractivity contribution is -0.122. The maximum absolute atomic E-state index is 12.6. The van der Waals surface area contributed by atoms with Crippen LogP contribution in [0.4, 0.5) is 0 Å². The molecular weight excluding hydrogens is 360 g/mol. The highest BCUT2D eigenvalue weighted by molar-refractivity contribution is 5.79. The zero-order chi connectivity index (χ0) is 19.8. The number of para-hydroxylation sites is 1. The summed E-state index contributed by atoms with van der Waals surface area (Å²) in [7, 11) is 0. The Bertz CT molecular complexity index is 1210. The van der Waals surface area contributed by atoms with Gasteiger partial charge in [0.05, 0.1) is 6.04 Å². The smallest absolute Gasteiger partial charge is 0.331 e. The highest BCUT2D eigenvalue weighted by Gasteiger charge is 2.24. The van der Waals surface area contributed by atoms with Crippen molar-refractivity contribution in [3.8, 4) is 6.07 Å². The first kappa shape index (κ1) is 17.8. The molecule has 0 bridgehead atoms. The summed E-state index contributed by atoms with van der Waals surface area (Å²) in [6.07, 6.45) is 1.21. The van der Waals surface area contributed by atoms with Gasteiger partial charge in [-0.15, -0.1) is 0 Å². The summed E-state index contributed by atoms with van der Waals surface area (Å²) in [5.74, 6) is 0.0693. The molecule has 1 aliphatic heterocycles. The molecule has 8 heteroatoms. The minimum Gasteiger partial charge on any atom is -0.459 e. The van der Waals surface area contributed by atoms with E-state index in [9.17, 15) is 19.6 Å². The van der Waals surface area contributed by atoms with Gasteiger partial charge >= 0.3 is 5.69 Å². The first-order chi connectivity index (χ1) is 13.5. The van der Waals surface area contributed by atoms with Crippen LogP contribution in [0.1, 0.15) is 36.4 Å². The summed E-state index contributed by atoms with van der Waals surface area (Å²) in [5, 5.41) is 13.0. The van der Waals surface area contributed by atoms with E-state index in [0.717, 1.165) is 9.95 Å². The fraction of sp³-hybridized carbons (Fsp3) is 0.300. The van der Waals surface area contributed by atoms with E-state index in [-0.39, 0.29) is 5.56 Å². The van der Waals surface area contributed by atoms with Crippen LogP contribution in [0.25, 0.3) is 11.0 Å². The standard InChI is InChI=1S/C20H18N4O4/c1-12(17-9-13-5-2-3-7-16(13)28-17)22-18(25)11-24-19(26)14(10-21)15-6-4-8-23(15)20(24)27/h2-3,5,7,9,12H,4,6,8,11H2,1H3,(H,22,25)/t12-/m1/s1. The summed E-state index contributed by atoms with van der Waals surface area (Å²) in [5.41, 5.74) is -0.152. The highest BCUT2D eigenvalue weighted by atomic mass is 16.3. The number of nitrogens with one attached hydrogen (secondary N) is 1. The van der Waals surface area contributed by atoms with Crippen molar-refractivity contribution in [3.05, 3.63) is 68.2 Å². The molecule has 0 unspecified atom stereocenters. The molecule has 0 fully saturated rings. The Morgan fingerprint density at radius 3 is 2.89 bits per heavy atom. The summed E-state index contributed by atoms with van der Waals surface area (Å²) in [6, 6.07) is 10.8. The number of carbonyl (C=O) groups excluding carboxylic acids is 1. The average Bonchev–Trinajstić information content (AvgIpc) is 3.32. The van der Waals surface area contributed by atoms with E-state index in [2.05, 4.69) is 5.32 Å². The van der Waals surface area contributed by atoms with Crippen LogP contribution in [0.5, 0.6) is 0 Å². The lowest BCUT2D eigenvalue weighted by Crippen LogP contribution is -2.45. The molecule has 142 valence electrons. The number of benzene rings is 1. The Balaban J connectivity index is 1.58. The van der Waals surface area contributed by atoms with Gasteiger partial charge in [0.15, 0.2) is 0 Å². The third-order valence-corrected chi connectivity index (χ3v) is 4.99. The molecule has 2 aromatic heterocycles. The molecule has 3 heterocycles. The molecule has 1 aliphatic rings. The van der Waals surface area contributed by atoms with Gasteiger partial charge in [-0.25, -0.2) is 9.36 Å². The Morgan fingerprint density at radius 2 is 2.14 bits per heavy atom. The third-order valence-electron chi connectivity index (χ3n) is 4.99. The summed E-state index contributed by atoms with van der Waals surface area (Å²) < 4.78 is 7.97. The average molecular weight is 378 g/mol. The van der Waals surface area contributed by atoms with Crippen molar-refractivity contribution in [2.24, 2.45) is 0 Å². The predicted molar refractivity (Wildman–Crippen MR) is 101 cm³/mol. The number of nitriles is 1. The van der Waals surface area contributed by atoms with Crippen molar-refractivity contribution in [2.75, 3.05) is 0 Å². The van der Waals surface area contributed by atoms with Gasteiger partial charge in [-0.05, 0) is 31.9 Å². The topological polar surface area (TPSA) is 110 Å². The van der Waals surface area contributed by atoms with Crippen molar-refractivity contribution in [1.29, 1.82) is 5.26 Å². The van der Waals surface area contributed by atoms with Crippen LogP contribution in [0.15, 0.2) is 44.3 Å². The zero-order valence-electron chi connectivity index (χ0n) is 15.3. The molecule has 1 aromatic carbocycles. The Morgan fingerprint density at radius 1 is 1.36 bits per heavy atom. The third kappa shape index (κ3) is 2.91. The second-order valence-corrected chi connectivity index (χ2v) is 6.84. The van der Waals surface area contributed by atoms with E-state index in [1.807, 2.05) is 36.4 Å². The van der Waals surface area contributed by atoms with E-state index in [1.54, 1.807) is 6.92 Å². The molecule has 0 aliphatic carbocycles. The van der Waals surface area contributed by atoms with Crippen LogP contribution >= 0.6 is 0 Å². The van der Waals surface area contributed by atoms with Crippen molar-refractivity contribution in [3.63, 3.8) is 0 Å². The van der Waals surface area contributed by atoms with Gasteiger partial charge in [0, 0.05) is 17.6 Å². The molecule has 28 heavy (non-hydrogen) atoms. The van der Waals surface area contributed by atoms with Crippen molar-refractivity contribution >= 4 is 16.9 Å². The number of nitrogens with zero attached hydrogens (tertiary/aromatic N) is 3. The lowest BCUT2D eigenvalue weighted by Gasteiger charge is -2.13. The second-order valence-electron chi connectivity index (χ2n) is 6.84. The summed E-state index contributed by atoms with van der Waals surface area (Å²) in [4.78, 5) is 37.6. The van der Waals surface area contributed by atoms with Crippen LogP contribution < -0.4 is 16.6 Å². The van der Waals surface area contributed by atoms with Gasteiger partial charge in [0.1, 0.15) is 29.5 Å². The number of aromatic nitrogens is 2. The van der Waals surface area contributed by atoms with Crippen LogP contribution in [0, 0.1) is 11.3 Å². The quantitative estimate of drug-likeness (QED) is 0.739. The van der Waals surface area contributed by atoms with Crippen LogP contribution in [0.3, 0.4) is 0 Å². The maximum Gasteiger partial charge on any atom is 0.331 e. The maximum atomic E-state index is 12.6. The van der Waals surface area contributed by atoms with Crippen LogP contribution in [-0.2, 0) is 24.3 Å². The van der Waals surface area contributed by atoms with Crippen molar-refractivity contribution in [2.45, 2.75) is 38.9 Å². The van der Waals surface area contributed by atoms with Crippen LogP contribution in [0.2, 0.25) is 0 Å². The molecule has 0 radical (unpaired) electrons. The minimum absolute atomic E-state index is 0.0600. The Hall–Kier alpha value is -3.60. The zero-order valence-corrected chi connectivity index (χ0v) is 15.3. The van der Waals surface area contributed by atoms with Crippen molar-refractivity contribution in [1.82, 2.24) is 14.5 Å². The largest absolute Gasteiger partial charge is 0.459 e. The van der Waals surface area contributed by atoms with Crippen molar-refractivity contribution < 1.29 is 9.21 Å². The number of furan rings is 1. The summed E-state index contributed by atoms with van der Waals surface area (Å²) >= 11 is 0. The number of amides is 1. The molecule has 8 nitrogen and oxygen atoms in total. The number of hydrogen-bond donors (Lipinski definition) is 1. The Kier molecular flexibility index (Phi) is 4.35. The SMILES string of the molecule is C[C@@H](NC(=O)Cn1c(=O)c(C#N)c2n(c1=O)CCC2)c1cc2ccccc2o1. The second kappa shape index (κ2) is 6.85. The molecule has 0 spiro atoms. The van der Waals surface area contributed by atoms with Gasteiger partial charge in [-0.1, -0.05) is 18.2 Å². The number of fused-ring (bicyclic) bond motifs is 2. The molecule has 1 atom stereocenters. The molecule has 0 saturated carbocycles. The predicted octanol–water partition coefficient (Wildman–Crippen LogP) is 1.45. The van der Waals surface area contributed by atoms with Crippen LogP contribution in [-0.4, -0.2) is 15.0 Å². The fourth-order valence-electron chi connectivity index (χ4n) is 3.61. The lowest BCUT2D eigenvalue weighted by atomic mass is 10.2. The van der Waals surface area contributed by atoms with E-state index >= 15 is 0 Å². The van der Waals surface area contributed by atoms with E-state index in [0.29, 0.717) is 36.4 Å². The highest BCUT2D eigenvalue weighted by Crippen LogP contribution is 2.23. The fourth-order valence-corrected chi connectivity index (χ4v) is 3.61. The Labute approximate surface area is 159 Å². The van der Waals surface area contributed by atoms with E-state index in [4.69, 9.17) is 4.42 Å². The normalized spacial score (nSPS) is 13.9. The number of rotatable bonds is 4.